The Balaban J connectivity index is 1.63. The van der Waals surface area contributed by atoms with Crippen molar-refractivity contribution < 1.29 is 23.5 Å². The van der Waals surface area contributed by atoms with Crippen molar-refractivity contribution in [2.45, 2.75) is 6.92 Å². The summed E-state index contributed by atoms with van der Waals surface area (Å²) in [6.45, 7) is 3.75. The van der Waals surface area contributed by atoms with Gasteiger partial charge in [0, 0.05) is 24.3 Å². The Kier molecular flexibility index (Phi) is 6.03. The number of halogens is 1. The monoisotopic (exact) mass is 372 g/mol. The molecular weight excluding hydrogens is 351 g/mol. The quantitative estimate of drug-likeness (QED) is 0.876. The SMILES string of the molecule is Cc1c(NC(=O)COc2ccc(F)cc2)cccc1C(=O)N1CCOCC1. The van der Waals surface area contributed by atoms with E-state index in [-0.39, 0.29) is 24.2 Å². The van der Waals surface area contributed by atoms with Crippen LogP contribution in [0.3, 0.4) is 0 Å². The summed E-state index contributed by atoms with van der Waals surface area (Å²) in [7, 11) is 0. The van der Waals surface area contributed by atoms with Gasteiger partial charge >= 0.3 is 0 Å². The van der Waals surface area contributed by atoms with E-state index in [0.717, 1.165) is 0 Å². The summed E-state index contributed by atoms with van der Waals surface area (Å²) in [5.41, 5.74) is 1.81. The number of ether oxygens (including phenoxy) is 2. The molecule has 0 unspecified atom stereocenters. The zero-order valence-corrected chi connectivity index (χ0v) is 15.0. The molecule has 2 aromatic carbocycles. The normalized spacial score (nSPS) is 13.9. The molecule has 6 nitrogen and oxygen atoms in total. The highest BCUT2D eigenvalue weighted by Gasteiger charge is 2.21. The van der Waals surface area contributed by atoms with Crippen molar-refractivity contribution in [2.75, 3.05) is 38.2 Å². The Labute approximate surface area is 156 Å². The van der Waals surface area contributed by atoms with Crippen LogP contribution in [0.15, 0.2) is 42.5 Å². The van der Waals surface area contributed by atoms with E-state index in [9.17, 15) is 14.0 Å². The van der Waals surface area contributed by atoms with Crippen LogP contribution in [0.2, 0.25) is 0 Å². The summed E-state index contributed by atoms with van der Waals surface area (Å²) in [5, 5.41) is 2.76. The Hall–Kier alpha value is -2.93. The molecule has 1 heterocycles. The van der Waals surface area contributed by atoms with Crippen LogP contribution in [0.4, 0.5) is 10.1 Å². The molecular formula is C20H21FN2O4. The van der Waals surface area contributed by atoms with Crippen LogP contribution in [0.5, 0.6) is 5.75 Å². The number of benzene rings is 2. The lowest BCUT2D eigenvalue weighted by Gasteiger charge is -2.27. The molecule has 1 N–H and O–H groups in total. The number of amides is 2. The Morgan fingerprint density at radius 1 is 1.15 bits per heavy atom. The van der Waals surface area contributed by atoms with Crippen LogP contribution in [0, 0.1) is 12.7 Å². The fourth-order valence-electron chi connectivity index (χ4n) is 2.81. The van der Waals surface area contributed by atoms with Crippen molar-refractivity contribution in [1.82, 2.24) is 4.90 Å². The van der Waals surface area contributed by atoms with E-state index in [1.54, 1.807) is 30.0 Å². The summed E-state index contributed by atoms with van der Waals surface area (Å²) in [6, 6.07) is 10.7. The first-order valence-electron chi connectivity index (χ1n) is 8.69. The topological polar surface area (TPSA) is 67.9 Å². The lowest BCUT2D eigenvalue weighted by molar-refractivity contribution is -0.118. The summed E-state index contributed by atoms with van der Waals surface area (Å²) < 4.78 is 23.5. The number of hydrogen-bond donors (Lipinski definition) is 1. The van der Waals surface area contributed by atoms with Crippen LogP contribution in [-0.4, -0.2) is 49.6 Å². The van der Waals surface area contributed by atoms with Crippen LogP contribution >= 0.6 is 0 Å². The molecule has 0 atom stereocenters. The lowest BCUT2D eigenvalue weighted by atomic mass is 10.0. The molecule has 0 spiro atoms. The second kappa shape index (κ2) is 8.64. The first kappa shape index (κ1) is 18.8. The van der Waals surface area contributed by atoms with Crippen LogP contribution < -0.4 is 10.1 Å². The average molecular weight is 372 g/mol. The summed E-state index contributed by atoms with van der Waals surface area (Å²) >= 11 is 0. The molecule has 1 aliphatic rings. The van der Waals surface area contributed by atoms with E-state index in [1.165, 1.54) is 24.3 Å². The number of anilines is 1. The zero-order chi connectivity index (χ0) is 19.2. The van der Waals surface area contributed by atoms with E-state index in [0.29, 0.717) is 48.9 Å². The standard InChI is InChI=1S/C20H21FN2O4/c1-14-17(20(25)23-9-11-26-12-10-23)3-2-4-18(14)22-19(24)13-27-16-7-5-15(21)6-8-16/h2-8H,9-13H2,1H3,(H,22,24). The molecule has 2 aromatic rings. The predicted molar refractivity (Wildman–Crippen MR) is 98.4 cm³/mol. The van der Waals surface area contributed by atoms with Gasteiger partial charge in [-0.2, -0.15) is 0 Å². The third-order valence-corrected chi connectivity index (χ3v) is 4.32. The molecule has 1 fully saturated rings. The molecule has 3 rings (SSSR count). The molecule has 0 radical (unpaired) electrons. The number of morpholine rings is 1. The first-order chi connectivity index (χ1) is 13.0. The van der Waals surface area contributed by atoms with Gasteiger partial charge in [0.05, 0.1) is 13.2 Å². The lowest BCUT2D eigenvalue weighted by Crippen LogP contribution is -2.41. The fourth-order valence-corrected chi connectivity index (χ4v) is 2.81. The van der Waals surface area contributed by atoms with Gasteiger partial charge in [-0.25, -0.2) is 4.39 Å². The molecule has 2 amide bonds. The van der Waals surface area contributed by atoms with Gasteiger partial charge in [-0.05, 0) is 48.9 Å². The predicted octanol–water partition coefficient (Wildman–Crippen LogP) is 2.62. The summed E-state index contributed by atoms with van der Waals surface area (Å²) in [4.78, 5) is 26.6. The maximum atomic E-state index is 12.9. The molecule has 27 heavy (non-hydrogen) atoms. The highest BCUT2D eigenvalue weighted by Crippen LogP contribution is 2.21. The van der Waals surface area contributed by atoms with E-state index >= 15 is 0 Å². The molecule has 0 bridgehead atoms. The molecule has 142 valence electrons. The fraction of sp³-hybridized carbons (Fsp3) is 0.300. The van der Waals surface area contributed by atoms with Crippen LogP contribution in [0.25, 0.3) is 0 Å². The number of hydrogen-bond acceptors (Lipinski definition) is 4. The van der Waals surface area contributed by atoms with E-state index in [4.69, 9.17) is 9.47 Å². The van der Waals surface area contributed by atoms with Crippen molar-refractivity contribution in [1.29, 1.82) is 0 Å². The van der Waals surface area contributed by atoms with E-state index < -0.39 is 0 Å². The van der Waals surface area contributed by atoms with Crippen molar-refractivity contribution in [2.24, 2.45) is 0 Å². The highest BCUT2D eigenvalue weighted by atomic mass is 19.1. The minimum Gasteiger partial charge on any atom is -0.484 e. The van der Waals surface area contributed by atoms with Crippen molar-refractivity contribution in [3.05, 3.63) is 59.4 Å². The summed E-state index contributed by atoms with van der Waals surface area (Å²) in [5.74, 6) is -0.406. The van der Waals surface area contributed by atoms with Gasteiger partial charge in [0.2, 0.25) is 0 Å². The Morgan fingerprint density at radius 2 is 1.85 bits per heavy atom. The molecule has 1 aliphatic heterocycles. The summed E-state index contributed by atoms with van der Waals surface area (Å²) in [6.07, 6.45) is 0. The maximum absolute atomic E-state index is 12.9. The van der Waals surface area contributed by atoms with Crippen LogP contribution in [0.1, 0.15) is 15.9 Å². The third-order valence-electron chi connectivity index (χ3n) is 4.32. The molecule has 7 heteroatoms. The van der Waals surface area contributed by atoms with Crippen LogP contribution in [-0.2, 0) is 9.53 Å². The minimum absolute atomic E-state index is 0.0746. The van der Waals surface area contributed by atoms with Gasteiger partial charge in [-0.3, -0.25) is 9.59 Å². The Bertz CT molecular complexity index is 817. The van der Waals surface area contributed by atoms with Crippen molar-refractivity contribution >= 4 is 17.5 Å². The number of carbonyl (C=O) groups excluding carboxylic acids is 2. The van der Waals surface area contributed by atoms with Gasteiger partial charge in [0.1, 0.15) is 11.6 Å². The van der Waals surface area contributed by atoms with Gasteiger partial charge < -0.3 is 19.7 Å². The second-order valence-corrected chi connectivity index (χ2v) is 6.17. The number of rotatable bonds is 5. The van der Waals surface area contributed by atoms with Gasteiger partial charge in [0.25, 0.3) is 11.8 Å². The Morgan fingerprint density at radius 3 is 2.56 bits per heavy atom. The smallest absolute Gasteiger partial charge is 0.262 e. The molecule has 0 aliphatic carbocycles. The number of carbonyl (C=O) groups is 2. The van der Waals surface area contributed by atoms with Gasteiger partial charge in [-0.1, -0.05) is 6.07 Å². The number of nitrogens with zero attached hydrogens (tertiary/aromatic N) is 1. The van der Waals surface area contributed by atoms with Crippen molar-refractivity contribution in [3.8, 4) is 5.75 Å². The second-order valence-electron chi connectivity index (χ2n) is 6.17. The zero-order valence-electron chi connectivity index (χ0n) is 15.0. The van der Waals surface area contributed by atoms with Gasteiger partial charge in [-0.15, -0.1) is 0 Å². The molecule has 0 aromatic heterocycles. The minimum atomic E-state index is -0.371. The highest BCUT2D eigenvalue weighted by molar-refractivity contribution is 5.99. The molecule has 0 saturated carbocycles. The van der Waals surface area contributed by atoms with E-state index in [2.05, 4.69) is 5.32 Å². The third kappa shape index (κ3) is 4.83. The molecule has 1 saturated heterocycles. The van der Waals surface area contributed by atoms with Crippen molar-refractivity contribution in [3.63, 3.8) is 0 Å². The first-order valence-corrected chi connectivity index (χ1v) is 8.69. The van der Waals surface area contributed by atoms with E-state index in [1.807, 2.05) is 0 Å². The largest absolute Gasteiger partial charge is 0.484 e. The maximum Gasteiger partial charge on any atom is 0.262 e. The van der Waals surface area contributed by atoms with Gasteiger partial charge in [0.15, 0.2) is 6.61 Å². The average Bonchev–Trinajstić information content (AvgIpc) is 2.69. The number of nitrogens with one attached hydrogen (secondary N) is 1.